The zero-order valence-electron chi connectivity index (χ0n) is 13.2. The van der Waals surface area contributed by atoms with E-state index < -0.39 is 5.60 Å². The highest BCUT2D eigenvalue weighted by Crippen LogP contribution is 2.20. The maximum Gasteiger partial charge on any atom is 0.252 e. The summed E-state index contributed by atoms with van der Waals surface area (Å²) in [6, 6.07) is 5.11. The number of pyridine rings is 1. The van der Waals surface area contributed by atoms with Gasteiger partial charge in [-0.3, -0.25) is 9.48 Å². The molecule has 0 fully saturated rings. The van der Waals surface area contributed by atoms with Gasteiger partial charge in [0.05, 0.1) is 24.1 Å². The van der Waals surface area contributed by atoms with Crippen molar-refractivity contribution in [2.45, 2.75) is 19.4 Å². The van der Waals surface area contributed by atoms with Crippen molar-refractivity contribution in [1.29, 1.82) is 0 Å². The molecular weight excluding hydrogens is 296 g/mol. The van der Waals surface area contributed by atoms with Crippen LogP contribution in [0.15, 0.2) is 35.1 Å². The molecule has 1 amide bonds. The zero-order valence-corrected chi connectivity index (χ0v) is 13.2. The Hall–Kier alpha value is -2.67. The molecule has 0 aliphatic rings. The van der Waals surface area contributed by atoms with Gasteiger partial charge in [0.2, 0.25) is 0 Å². The topological polar surface area (TPSA) is 93.2 Å². The number of rotatable bonds is 4. The SMILES string of the molecule is Cc1nn(C)c2ncc(C(=O)NCC(C)(O)c3ccco3)cc12. The van der Waals surface area contributed by atoms with E-state index in [-0.39, 0.29) is 12.5 Å². The van der Waals surface area contributed by atoms with Gasteiger partial charge >= 0.3 is 0 Å². The molecular formula is C16H18N4O3. The Morgan fingerprint density at radius 3 is 3.00 bits per heavy atom. The van der Waals surface area contributed by atoms with Gasteiger partial charge in [0.1, 0.15) is 11.4 Å². The van der Waals surface area contributed by atoms with E-state index in [4.69, 9.17) is 4.42 Å². The van der Waals surface area contributed by atoms with Crippen LogP contribution in [0.25, 0.3) is 11.0 Å². The van der Waals surface area contributed by atoms with Gasteiger partial charge < -0.3 is 14.8 Å². The highest BCUT2D eigenvalue weighted by molar-refractivity contribution is 5.97. The van der Waals surface area contributed by atoms with Crippen molar-refractivity contribution in [3.05, 3.63) is 47.7 Å². The first kappa shape index (κ1) is 15.2. The summed E-state index contributed by atoms with van der Waals surface area (Å²) in [5.41, 5.74) is 0.679. The van der Waals surface area contributed by atoms with E-state index in [1.807, 2.05) is 14.0 Å². The summed E-state index contributed by atoms with van der Waals surface area (Å²) < 4.78 is 6.86. The lowest BCUT2D eigenvalue weighted by atomic mass is 10.0. The van der Waals surface area contributed by atoms with Crippen LogP contribution in [0.5, 0.6) is 0 Å². The van der Waals surface area contributed by atoms with Gasteiger partial charge in [0, 0.05) is 18.6 Å². The first-order valence-corrected chi connectivity index (χ1v) is 7.22. The Morgan fingerprint density at radius 2 is 2.30 bits per heavy atom. The van der Waals surface area contributed by atoms with Crippen LogP contribution >= 0.6 is 0 Å². The molecule has 7 heteroatoms. The largest absolute Gasteiger partial charge is 0.466 e. The van der Waals surface area contributed by atoms with Crippen LogP contribution in [-0.2, 0) is 12.6 Å². The third-order valence-corrected chi connectivity index (χ3v) is 3.77. The number of hydrogen-bond donors (Lipinski definition) is 2. The van der Waals surface area contributed by atoms with Crippen LogP contribution in [0.3, 0.4) is 0 Å². The summed E-state index contributed by atoms with van der Waals surface area (Å²) in [4.78, 5) is 16.6. The quantitative estimate of drug-likeness (QED) is 0.761. The fourth-order valence-corrected chi connectivity index (χ4v) is 2.46. The predicted octanol–water partition coefficient (Wildman–Crippen LogP) is 1.51. The van der Waals surface area contributed by atoms with Gasteiger partial charge in [-0.05, 0) is 32.0 Å². The van der Waals surface area contributed by atoms with Crippen LogP contribution in [-0.4, -0.2) is 32.3 Å². The van der Waals surface area contributed by atoms with Gasteiger partial charge in [0.25, 0.3) is 5.91 Å². The van der Waals surface area contributed by atoms with Crippen molar-refractivity contribution in [2.75, 3.05) is 6.54 Å². The first-order valence-electron chi connectivity index (χ1n) is 7.22. The lowest BCUT2D eigenvalue weighted by molar-refractivity contribution is 0.0330. The van der Waals surface area contributed by atoms with Gasteiger partial charge in [0.15, 0.2) is 5.65 Å². The minimum absolute atomic E-state index is 0.0312. The van der Waals surface area contributed by atoms with Gasteiger partial charge in [-0.1, -0.05) is 0 Å². The number of fused-ring (bicyclic) bond motifs is 1. The maximum absolute atomic E-state index is 12.3. The Kier molecular flexibility index (Phi) is 3.65. The predicted molar refractivity (Wildman–Crippen MR) is 83.9 cm³/mol. The van der Waals surface area contributed by atoms with Crippen molar-refractivity contribution < 1.29 is 14.3 Å². The summed E-state index contributed by atoms with van der Waals surface area (Å²) in [7, 11) is 1.81. The van der Waals surface area contributed by atoms with Crippen LogP contribution < -0.4 is 5.32 Å². The molecule has 3 heterocycles. The lowest BCUT2D eigenvalue weighted by Crippen LogP contribution is -2.38. The monoisotopic (exact) mass is 314 g/mol. The molecule has 3 aromatic heterocycles. The highest BCUT2D eigenvalue weighted by atomic mass is 16.4. The molecule has 0 radical (unpaired) electrons. The van der Waals surface area contributed by atoms with Gasteiger partial charge in [-0.15, -0.1) is 0 Å². The summed E-state index contributed by atoms with van der Waals surface area (Å²) >= 11 is 0. The van der Waals surface area contributed by atoms with Crippen molar-refractivity contribution in [3.8, 4) is 0 Å². The molecule has 2 N–H and O–H groups in total. The van der Waals surface area contributed by atoms with Crippen LogP contribution in [0.2, 0.25) is 0 Å². The molecule has 0 saturated carbocycles. The first-order chi connectivity index (χ1) is 10.9. The fraction of sp³-hybridized carbons (Fsp3) is 0.312. The Balaban J connectivity index is 1.77. The number of nitrogens with zero attached hydrogens (tertiary/aromatic N) is 3. The molecule has 0 bridgehead atoms. The second-order valence-corrected chi connectivity index (χ2v) is 5.74. The van der Waals surface area contributed by atoms with E-state index in [0.29, 0.717) is 11.3 Å². The number of hydrogen-bond acceptors (Lipinski definition) is 5. The minimum Gasteiger partial charge on any atom is -0.466 e. The van der Waals surface area contributed by atoms with Gasteiger partial charge in [-0.2, -0.15) is 5.10 Å². The molecule has 1 atom stereocenters. The third kappa shape index (κ3) is 2.83. The molecule has 0 saturated heterocycles. The Morgan fingerprint density at radius 1 is 1.52 bits per heavy atom. The average molecular weight is 314 g/mol. The number of amides is 1. The smallest absolute Gasteiger partial charge is 0.252 e. The van der Waals surface area contributed by atoms with Crippen LogP contribution in [0, 0.1) is 6.92 Å². The summed E-state index contributed by atoms with van der Waals surface area (Å²) in [5.74, 6) is 0.0870. The van der Waals surface area contributed by atoms with Crippen molar-refractivity contribution in [3.63, 3.8) is 0 Å². The van der Waals surface area contributed by atoms with Crippen LogP contribution in [0.1, 0.15) is 28.7 Å². The molecule has 23 heavy (non-hydrogen) atoms. The van der Waals surface area contributed by atoms with E-state index >= 15 is 0 Å². The normalized spacial score (nSPS) is 13.9. The Labute approximate surface area is 132 Å². The number of aliphatic hydroxyl groups is 1. The van der Waals surface area contributed by atoms with E-state index in [1.54, 1.807) is 29.8 Å². The molecule has 3 rings (SSSR count). The van der Waals surface area contributed by atoms with E-state index in [1.165, 1.54) is 12.5 Å². The lowest BCUT2D eigenvalue weighted by Gasteiger charge is -2.21. The summed E-state index contributed by atoms with van der Waals surface area (Å²) in [5, 5.41) is 18.2. The molecule has 0 aliphatic carbocycles. The van der Waals surface area contributed by atoms with E-state index in [2.05, 4.69) is 15.4 Å². The number of carbonyl (C=O) groups excluding carboxylic acids is 1. The number of aromatic nitrogens is 3. The number of furan rings is 1. The minimum atomic E-state index is -1.28. The van der Waals surface area contributed by atoms with Crippen molar-refractivity contribution >= 4 is 16.9 Å². The van der Waals surface area contributed by atoms with E-state index in [9.17, 15) is 9.90 Å². The fourth-order valence-electron chi connectivity index (χ4n) is 2.46. The maximum atomic E-state index is 12.3. The number of nitrogens with one attached hydrogen (secondary N) is 1. The molecule has 0 aromatic carbocycles. The molecule has 7 nitrogen and oxygen atoms in total. The summed E-state index contributed by atoms with van der Waals surface area (Å²) in [6.07, 6.45) is 2.98. The third-order valence-electron chi connectivity index (χ3n) is 3.77. The molecule has 0 spiro atoms. The number of carbonyl (C=O) groups is 1. The second kappa shape index (κ2) is 5.51. The molecule has 120 valence electrons. The molecule has 1 unspecified atom stereocenters. The standard InChI is InChI=1S/C16H18N4O3/c1-10-12-7-11(8-17-14(12)20(3)19-10)15(21)18-9-16(2,22)13-5-4-6-23-13/h4-8,22H,9H2,1-3H3,(H,18,21). The second-order valence-electron chi connectivity index (χ2n) is 5.74. The van der Waals surface area contributed by atoms with E-state index in [0.717, 1.165) is 16.7 Å². The number of aryl methyl sites for hydroxylation is 2. The zero-order chi connectivity index (χ0) is 16.6. The van der Waals surface area contributed by atoms with Crippen molar-refractivity contribution in [1.82, 2.24) is 20.1 Å². The molecule has 3 aromatic rings. The summed E-state index contributed by atoms with van der Waals surface area (Å²) in [6.45, 7) is 3.48. The van der Waals surface area contributed by atoms with Crippen molar-refractivity contribution in [2.24, 2.45) is 7.05 Å². The average Bonchev–Trinajstić information content (AvgIpc) is 3.15. The Bertz CT molecular complexity index is 850. The van der Waals surface area contributed by atoms with Gasteiger partial charge in [-0.25, -0.2) is 4.98 Å². The molecule has 0 aliphatic heterocycles. The van der Waals surface area contributed by atoms with Crippen LogP contribution in [0.4, 0.5) is 0 Å². The highest BCUT2D eigenvalue weighted by Gasteiger charge is 2.27.